The summed E-state index contributed by atoms with van der Waals surface area (Å²) < 4.78 is 5.30. The first-order valence-corrected chi connectivity index (χ1v) is 11.1. The molecule has 0 heterocycles. The summed E-state index contributed by atoms with van der Waals surface area (Å²) in [5.74, 6) is -0.909. The number of methoxy groups -OCH3 is 1. The van der Waals surface area contributed by atoms with Gasteiger partial charge in [-0.3, -0.25) is 9.59 Å². The number of amides is 2. The van der Waals surface area contributed by atoms with E-state index in [9.17, 15) is 14.4 Å². The number of ketones is 1. The third kappa shape index (κ3) is 5.09. The Morgan fingerprint density at radius 1 is 1.00 bits per heavy atom. The molecule has 174 valence electrons. The van der Waals surface area contributed by atoms with Crippen LogP contribution in [0.5, 0.6) is 5.75 Å². The molecule has 3 aromatic carbocycles. The molecule has 34 heavy (non-hydrogen) atoms. The lowest BCUT2D eigenvalue weighted by Gasteiger charge is -2.22. The highest BCUT2D eigenvalue weighted by atomic mass is 16.5. The zero-order valence-electron chi connectivity index (χ0n) is 19.1. The van der Waals surface area contributed by atoms with Crippen LogP contribution in [-0.4, -0.2) is 30.0 Å². The van der Waals surface area contributed by atoms with Crippen molar-refractivity contribution in [2.45, 2.75) is 26.2 Å². The minimum atomic E-state index is -0.946. The molecule has 1 aliphatic carbocycles. The number of rotatable bonds is 6. The van der Waals surface area contributed by atoms with Crippen molar-refractivity contribution in [1.29, 1.82) is 0 Å². The van der Waals surface area contributed by atoms with Crippen molar-refractivity contribution in [3.8, 4) is 16.9 Å². The van der Waals surface area contributed by atoms with Crippen LogP contribution in [-0.2, 0) is 11.2 Å². The van der Waals surface area contributed by atoms with E-state index in [1.165, 1.54) is 0 Å². The molecule has 0 fully saturated rings. The number of carboxylic acid groups (broad SMARTS) is 1. The van der Waals surface area contributed by atoms with Crippen LogP contribution in [0.15, 0.2) is 60.7 Å². The molecule has 0 saturated carbocycles. The third-order valence-electron chi connectivity index (χ3n) is 6.00. The fraction of sp³-hybridized carbons (Fsp3) is 0.222. The Labute approximate surface area is 197 Å². The molecule has 0 radical (unpaired) electrons. The van der Waals surface area contributed by atoms with E-state index in [4.69, 9.17) is 9.84 Å². The fourth-order valence-corrected chi connectivity index (χ4v) is 4.26. The van der Waals surface area contributed by atoms with Crippen LogP contribution in [0.25, 0.3) is 11.1 Å². The number of fused-ring (bicyclic) bond motifs is 1. The van der Waals surface area contributed by atoms with E-state index in [1.54, 1.807) is 19.2 Å². The normalized spacial score (nSPS) is 14.8. The lowest BCUT2D eigenvalue weighted by Crippen LogP contribution is -2.24. The maximum atomic E-state index is 12.6. The van der Waals surface area contributed by atoms with E-state index in [1.807, 2.05) is 55.5 Å². The van der Waals surface area contributed by atoms with Crippen LogP contribution >= 0.6 is 0 Å². The molecule has 0 aromatic heterocycles. The molecular formula is C27H26N2O5. The predicted octanol–water partition coefficient (Wildman–Crippen LogP) is 5.53. The van der Waals surface area contributed by atoms with Gasteiger partial charge in [0.05, 0.1) is 19.2 Å². The average molecular weight is 459 g/mol. The van der Waals surface area contributed by atoms with Crippen LogP contribution in [0.4, 0.5) is 16.2 Å². The van der Waals surface area contributed by atoms with E-state index in [2.05, 4.69) is 10.6 Å². The molecule has 0 bridgehead atoms. The van der Waals surface area contributed by atoms with Gasteiger partial charge in [0.2, 0.25) is 0 Å². The van der Waals surface area contributed by atoms with Crippen molar-refractivity contribution in [1.82, 2.24) is 0 Å². The molecule has 1 aliphatic rings. The maximum Gasteiger partial charge on any atom is 0.323 e. The van der Waals surface area contributed by atoms with Gasteiger partial charge in [-0.05, 0) is 66.3 Å². The van der Waals surface area contributed by atoms with Crippen molar-refractivity contribution >= 4 is 29.2 Å². The molecular weight excluding hydrogens is 432 g/mol. The fourth-order valence-electron chi connectivity index (χ4n) is 4.26. The summed E-state index contributed by atoms with van der Waals surface area (Å²) in [6, 6.07) is 18.3. The summed E-state index contributed by atoms with van der Waals surface area (Å²) >= 11 is 0. The SMILES string of the molecule is COc1ccc(C)cc1NC(=O)Nc1ccc(-c2ccc3c(c2)CCC(CC(=O)O)C3=O)cc1. The Morgan fingerprint density at radius 3 is 2.44 bits per heavy atom. The molecule has 4 rings (SSSR count). The number of anilines is 2. The zero-order valence-corrected chi connectivity index (χ0v) is 19.1. The number of ether oxygens (including phenoxy) is 1. The largest absolute Gasteiger partial charge is 0.495 e. The van der Waals surface area contributed by atoms with E-state index in [-0.39, 0.29) is 18.2 Å². The van der Waals surface area contributed by atoms with Crippen LogP contribution in [0, 0.1) is 12.8 Å². The standard InChI is InChI=1S/C27H26N2O5/c1-16-3-12-24(34-2)23(13-16)29-27(33)28-21-9-6-17(7-10-21)18-8-11-22-19(14-18)4-5-20(26(22)32)15-25(30)31/h3,6-14,20H,4-5,15H2,1-2H3,(H,30,31)(H2,28,29,33). The average Bonchev–Trinajstić information content (AvgIpc) is 2.81. The second-order valence-electron chi connectivity index (χ2n) is 8.43. The lowest BCUT2D eigenvalue weighted by atomic mass is 9.80. The number of aryl methyl sites for hydroxylation is 2. The summed E-state index contributed by atoms with van der Waals surface area (Å²) in [5.41, 5.74) is 5.70. The molecule has 7 heteroatoms. The first-order chi connectivity index (χ1) is 16.3. The number of Topliss-reactive ketones (excluding diaryl/α,β-unsaturated/α-hetero) is 1. The highest BCUT2D eigenvalue weighted by Gasteiger charge is 2.29. The number of benzene rings is 3. The Bertz CT molecular complexity index is 1250. The Balaban J connectivity index is 1.44. The third-order valence-corrected chi connectivity index (χ3v) is 6.00. The van der Waals surface area contributed by atoms with E-state index in [0.29, 0.717) is 35.5 Å². The zero-order chi connectivity index (χ0) is 24.2. The van der Waals surface area contributed by atoms with Crippen molar-refractivity contribution in [2.75, 3.05) is 17.7 Å². The smallest absolute Gasteiger partial charge is 0.323 e. The van der Waals surface area contributed by atoms with E-state index < -0.39 is 11.9 Å². The van der Waals surface area contributed by atoms with Gasteiger partial charge in [-0.15, -0.1) is 0 Å². The summed E-state index contributed by atoms with van der Waals surface area (Å²) in [4.78, 5) is 36.1. The van der Waals surface area contributed by atoms with Gasteiger partial charge in [0.1, 0.15) is 5.75 Å². The monoisotopic (exact) mass is 458 g/mol. The Kier molecular flexibility index (Phi) is 6.63. The summed E-state index contributed by atoms with van der Waals surface area (Å²) in [6.07, 6.45) is 1.10. The topological polar surface area (TPSA) is 105 Å². The van der Waals surface area contributed by atoms with Crippen molar-refractivity contribution in [2.24, 2.45) is 5.92 Å². The number of carbonyl (C=O) groups excluding carboxylic acids is 2. The molecule has 1 unspecified atom stereocenters. The van der Waals surface area contributed by atoms with Gasteiger partial charge in [-0.25, -0.2) is 4.79 Å². The number of hydrogen-bond acceptors (Lipinski definition) is 4. The highest BCUT2D eigenvalue weighted by Crippen LogP contribution is 2.32. The highest BCUT2D eigenvalue weighted by molar-refractivity contribution is 6.02. The van der Waals surface area contributed by atoms with Crippen molar-refractivity contribution in [3.63, 3.8) is 0 Å². The number of carbonyl (C=O) groups is 3. The van der Waals surface area contributed by atoms with Crippen LogP contribution in [0.3, 0.4) is 0 Å². The van der Waals surface area contributed by atoms with Gasteiger partial charge in [-0.1, -0.05) is 36.4 Å². The second-order valence-corrected chi connectivity index (χ2v) is 8.43. The Hall–Kier alpha value is -4.13. The minimum absolute atomic E-state index is 0.0917. The van der Waals surface area contributed by atoms with Crippen molar-refractivity contribution in [3.05, 3.63) is 77.4 Å². The van der Waals surface area contributed by atoms with Crippen molar-refractivity contribution < 1.29 is 24.2 Å². The summed E-state index contributed by atoms with van der Waals surface area (Å²) in [5, 5.41) is 14.6. The molecule has 0 saturated heterocycles. The van der Waals surface area contributed by atoms with E-state index in [0.717, 1.165) is 22.3 Å². The molecule has 7 nitrogen and oxygen atoms in total. The van der Waals surface area contributed by atoms with Gasteiger partial charge >= 0.3 is 12.0 Å². The second kappa shape index (κ2) is 9.79. The molecule has 0 spiro atoms. The molecule has 2 amide bonds. The first kappa shape index (κ1) is 23.0. The van der Waals surface area contributed by atoms with Gasteiger partial charge < -0.3 is 20.5 Å². The summed E-state index contributed by atoms with van der Waals surface area (Å²) in [7, 11) is 1.55. The Morgan fingerprint density at radius 2 is 1.74 bits per heavy atom. The number of urea groups is 1. The number of carboxylic acids is 1. The minimum Gasteiger partial charge on any atom is -0.495 e. The van der Waals surface area contributed by atoms with Gasteiger partial charge in [0.15, 0.2) is 5.78 Å². The summed E-state index contributed by atoms with van der Waals surface area (Å²) in [6.45, 7) is 1.94. The predicted molar refractivity (Wildman–Crippen MR) is 131 cm³/mol. The van der Waals surface area contributed by atoms with Crippen LogP contribution in [0.2, 0.25) is 0 Å². The lowest BCUT2D eigenvalue weighted by molar-refractivity contribution is -0.137. The van der Waals surface area contributed by atoms with Gasteiger partial charge in [-0.2, -0.15) is 0 Å². The number of nitrogens with one attached hydrogen (secondary N) is 2. The molecule has 0 aliphatic heterocycles. The van der Waals surface area contributed by atoms with Gasteiger partial charge in [0, 0.05) is 17.2 Å². The molecule has 3 N–H and O–H groups in total. The van der Waals surface area contributed by atoms with Crippen LogP contribution < -0.4 is 15.4 Å². The van der Waals surface area contributed by atoms with Crippen LogP contribution in [0.1, 0.15) is 34.3 Å². The number of aliphatic carboxylic acids is 1. The molecule has 1 atom stereocenters. The van der Waals surface area contributed by atoms with E-state index >= 15 is 0 Å². The quantitative estimate of drug-likeness (QED) is 0.450. The maximum absolute atomic E-state index is 12.6. The first-order valence-electron chi connectivity index (χ1n) is 11.1. The van der Waals surface area contributed by atoms with Gasteiger partial charge in [0.25, 0.3) is 0 Å². The number of hydrogen-bond donors (Lipinski definition) is 3. The molecule has 3 aromatic rings.